The van der Waals surface area contributed by atoms with Gasteiger partial charge in [0.15, 0.2) is 0 Å². The molecule has 0 heterocycles. The molecule has 2 N–H and O–H groups in total. The SMILES string of the molecule is NS(=O)(=O)c1cccc(-c2ccccc2)c1Cl. The Balaban J connectivity index is 2.67. The quantitative estimate of drug-likeness (QED) is 0.909. The molecule has 17 heavy (non-hydrogen) atoms. The van der Waals surface area contributed by atoms with Crippen LogP contribution < -0.4 is 5.14 Å². The maximum Gasteiger partial charge on any atom is 0.239 e. The first kappa shape index (κ1) is 12.1. The summed E-state index contributed by atoms with van der Waals surface area (Å²) in [5.74, 6) is 0. The monoisotopic (exact) mass is 267 g/mol. The topological polar surface area (TPSA) is 60.2 Å². The molecular weight excluding hydrogens is 258 g/mol. The van der Waals surface area contributed by atoms with Gasteiger partial charge in [-0.2, -0.15) is 0 Å². The summed E-state index contributed by atoms with van der Waals surface area (Å²) in [4.78, 5) is -0.0551. The molecule has 0 atom stereocenters. The molecule has 0 fully saturated rings. The lowest BCUT2D eigenvalue weighted by Crippen LogP contribution is -2.12. The molecule has 3 nitrogen and oxygen atoms in total. The predicted molar refractivity (Wildman–Crippen MR) is 68.3 cm³/mol. The van der Waals surface area contributed by atoms with Gasteiger partial charge in [-0.15, -0.1) is 0 Å². The van der Waals surface area contributed by atoms with Crippen molar-refractivity contribution in [2.45, 2.75) is 4.90 Å². The fraction of sp³-hybridized carbons (Fsp3) is 0. The van der Waals surface area contributed by atoms with Gasteiger partial charge in [0.05, 0.1) is 5.02 Å². The van der Waals surface area contributed by atoms with Crippen molar-refractivity contribution < 1.29 is 8.42 Å². The van der Waals surface area contributed by atoms with Crippen molar-refractivity contribution in [2.75, 3.05) is 0 Å². The molecule has 0 saturated carbocycles. The summed E-state index contributed by atoms with van der Waals surface area (Å²) >= 11 is 6.07. The van der Waals surface area contributed by atoms with Crippen LogP contribution in [0.4, 0.5) is 0 Å². The Labute approximate surface area is 105 Å². The second-order valence-electron chi connectivity index (χ2n) is 3.53. The van der Waals surface area contributed by atoms with E-state index in [-0.39, 0.29) is 9.92 Å². The van der Waals surface area contributed by atoms with Crippen LogP contribution in [0.25, 0.3) is 11.1 Å². The average Bonchev–Trinajstić information content (AvgIpc) is 2.29. The van der Waals surface area contributed by atoms with E-state index in [0.29, 0.717) is 5.56 Å². The number of hydrogen-bond acceptors (Lipinski definition) is 2. The Morgan fingerprint density at radius 3 is 2.18 bits per heavy atom. The maximum absolute atomic E-state index is 11.3. The lowest BCUT2D eigenvalue weighted by atomic mass is 10.1. The molecular formula is C12H10ClNO2S. The van der Waals surface area contributed by atoms with Crippen LogP contribution in [0.5, 0.6) is 0 Å². The first-order valence-electron chi connectivity index (χ1n) is 4.87. The van der Waals surface area contributed by atoms with E-state index in [1.165, 1.54) is 6.07 Å². The van der Waals surface area contributed by atoms with Crippen LogP contribution in [0.1, 0.15) is 0 Å². The van der Waals surface area contributed by atoms with Gasteiger partial charge >= 0.3 is 0 Å². The lowest BCUT2D eigenvalue weighted by molar-refractivity contribution is 0.598. The van der Waals surface area contributed by atoms with Crippen LogP contribution >= 0.6 is 11.6 Å². The van der Waals surface area contributed by atoms with Gasteiger partial charge in [0.25, 0.3) is 0 Å². The largest absolute Gasteiger partial charge is 0.239 e. The number of rotatable bonds is 2. The molecule has 2 aromatic carbocycles. The zero-order chi connectivity index (χ0) is 12.5. The first-order chi connectivity index (χ1) is 8.00. The number of hydrogen-bond donors (Lipinski definition) is 1. The van der Waals surface area contributed by atoms with Crippen LogP contribution in [0, 0.1) is 0 Å². The third kappa shape index (κ3) is 2.49. The maximum atomic E-state index is 11.3. The minimum absolute atomic E-state index is 0.0551. The van der Waals surface area contributed by atoms with Crippen LogP contribution in [0.15, 0.2) is 53.4 Å². The van der Waals surface area contributed by atoms with Crippen molar-refractivity contribution in [2.24, 2.45) is 5.14 Å². The van der Waals surface area contributed by atoms with E-state index in [1.807, 2.05) is 30.3 Å². The molecule has 88 valence electrons. The van der Waals surface area contributed by atoms with E-state index >= 15 is 0 Å². The van der Waals surface area contributed by atoms with Gasteiger partial charge in [-0.05, 0) is 11.6 Å². The molecule has 0 aromatic heterocycles. The highest BCUT2D eigenvalue weighted by atomic mass is 35.5. The summed E-state index contributed by atoms with van der Waals surface area (Å²) in [6.07, 6.45) is 0. The summed E-state index contributed by atoms with van der Waals surface area (Å²) in [7, 11) is -3.80. The minimum atomic E-state index is -3.80. The van der Waals surface area contributed by atoms with Crippen molar-refractivity contribution in [1.82, 2.24) is 0 Å². The van der Waals surface area contributed by atoms with Gasteiger partial charge in [0, 0.05) is 5.56 Å². The van der Waals surface area contributed by atoms with Crippen LogP contribution in [-0.2, 0) is 10.0 Å². The third-order valence-electron chi connectivity index (χ3n) is 2.35. The average molecular weight is 268 g/mol. The molecule has 0 amide bonds. The Kier molecular flexibility index (Phi) is 3.19. The summed E-state index contributed by atoms with van der Waals surface area (Å²) in [6.45, 7) is 0. The number of benzene rings is 2. The summed E-state index contributed by atoms with van der Waals surface area (Å²) in [5, 5.41) is 5.25. The number of halogens is 1. The summed E-state index contributed by atoms with van der Waals surface area (Å²) < 4.78 is 22.7. The van der Waals surface area contributed by atoms with Gasteiger partial charge in [-0.25, -0.2) is 13.6 Å². The highest BCUT2D eigenvalue weighted by molar-refractivity contribution is 7.89. The van der Waals surface area contributed by atoms with Gasteiger partial charge in [-0.1, -0.05) is 54.1 Å². The van der Waals surface area contributed by atoms with Crippen molar-refractivity contribution in [3.05, 3.63) is 53.6 Å². The molecule has 0 bridgehead atoms. The van der Waals surface area contributed by atoms with Gasteiger partial charge in [0.1, 0.15) is 4.90 Å². The van der Waals surface area contributed by atoms with Crippen molar-refractivity contribution in [1.29, 1.82) is 0 Å². The van der Waals surface area contributed by atoms with Gasteiger partial charge in [0.2, 0.25) is 10.0 Å². The second kappa shape index (κ2) is 4.49. The van der Waals surface area contributed by atoms with E-state index in [4.69, 9.17) is 16.7 Å². The Morgan fingerprint density at radius 2 is 1.59 bits per heavy atom. The Hall–Kier alpha value is -1.36. The fourth-order valence-electron chi connectivity index (χ4n) is 1.57. The second-order valence-corrected chi connectivity index (χ2v) is 5.44. The van der Waals surface area contributed by atoms with E-state index in [2.05, 4.69) is 0 Å². The molecule has 0 aliphatic heterocycles. The molecule has 0 spiro atoms. The van der Waals surface area contributed by atoms with Crippen molar-refractivity contribution >= 4 is 21.6 Å². The summed E-state index contributed by atoms with van der Waals surface area (Å²) in [5.41, 5.74) is 1.50. The van der Waals surface area contributed by atoms with Crippen LogP contribution in [-0.4, -0.2) is 8.42 Å². The van der Waals surface area contributed by atoms with E-state index < -0.39 is 10.0 Å². The number of nitrogens with two attached hydrogens (primary N) is 1. The normalized spacial score (nSPS) is 11.4. The molecule has 2 aromatic rings. The molecule has 0 unspecified atom stereocenters. The number of sulfonamides is 1. The molecule has 5 heteroatoms. The van der Waals surface area contributed by atoms with Gasteiger partial charge < -0.3 is 0 Å². The van der Waals surface area contributed by atoms with E-state index in [9.17, 15) is 8.42 Å². The molecule has 0 aliphatic carbocycles. The Morgan fingerprint density at radius 1 is 0.941 bits per heavy atom. The van der Waals surface area contributed by atoms with E-state index in [0.717, 1.165) is 5.56 Å². The Bertz CT molecular complexity index is 639. The standard InChI is InChI=1S/C12H10ClNO2S/c13-12-10(9-5-2-1-3-6-9)7-4-8-11(12)17(14,15)16/h1-8H,(H2,14,15,16). The summed E-state index contributed by atoms with van der Waals surface area (Å²) in [6, 6.07) is 14.1. The smallest absolute Gasteiger partial charge is 0.225 e. The lowest BCUT2D eigenvalue weighted by Gasteiger charge is -2.07. The zero-order valence-electron chi connectivity index (χ0n) is 8.80. The predicted octanol–water partition coefficient (Wildman–Crippen LogP) is 2.65. The number of primary sulfonamides is 1. The fourth-order valence-corrected chi connectivity index (χ4v) is 2.76. The van der Waals surface area contributed by atoms with Crippen molar-refractivity contribution in [3.8, 4) is 11.1 Å². The molecule has 0 radical (unpaired) electrons. The molecule has 2 rings (SSSR count). The highest BCUT2D eigenvalue weighted by Gasteiger charge is 2.15. The van der Waals surface area contributed by atoms with Crippen LogP contribution in [0.3, 0.4) is 0 Å². The zero-order valence-corrected chi connectivity index (χ0v) is 10.4. The molecule has 0 saturated heterocycles. The van der Waals surface area contributed by atoms with E-state index in [1.54, 1.807) is 12.1 Å². The minimum Gasteiger partial charge on any atom is -0.225 e. The van der Waals surface area contributed by atoms with Crippen molar-refractivity contribution in [3.63, 3.8) is 0 Å². The third-order valence-corrected chi connectivity index (χ3v) is 3.83. The van der Waals surface area contributed by atoms with Crippen LogP contribution in [0.2, 0.25) is 5.02 Å². The highest BCUT2D eigenvalue weighted by Crippen LogP contribution is 2.32. The van der Waals surface area contributed by atoms with Gasteiger partial charge in [-0.3, -0.25) is 0 Å². The first-order valence-corrected chi connectivity index (χ1v) is 6.79. The molecule has 0 aliphatic rings.